The van der Waals surface area contributed by atoms with Crippen LogP contribution in [0.4, 0.5) is 5.69 Å². The SMILES string of the molecule is CCCC(C)C(=O)Nc1ccc(OC)c(OCc2cccnc2)c1. The van der Waals surface area contributed by atoms with Crippen molar-refractivity contribution in [1.82, 2.24) is 4.98 Å². The summed E-state index contributed by atoms with van der Waals surface area (Å²) in [4.78, 5) is 16.2. The van der Waals surface area contributed by atoms with Crippen LogP contribution >= 0.6 is 0 Å². The first-order valence-corrected chi connectivity index (χ1v) is 8.14. The van der Waals surface area contributed by atoms with Gasteiger partial charge in [0, 0.05) is 35.6 Å². The zero-order valence-corrected chi connectivity index (χ0v) is 14.4. The Morgan fingerprint density at radius 3 is 2.79 bits per heavy atom. The first kappa shape index (κ1) is 17.8. The second-order valence-electron chi connectivity index (χ2n) is 5.69. The molecule has 0 saturated heterocycles. The second-order valence-corrected chi connectivity index (χ2v) is 5.69. The maximum absolute atomic E-state index is 12.2. The maximum Gasteiger partial charge on any atom is 0.227 e. The third-order valence-corrected chi connectivity index (χ3v) is 3.72. The molecule has 1 aromatic heterocycles. The van der Waals surface area contributed by atoms with Crippen LogP contribution in [-0.4, -0.2) is 18.0 Å². The number of hydrogen-bond acceptors (Lipinski definition) is 4. The third kappa shape index (κ3) is 4.98. The van der Waals surface area contributed by atoms with E-state index >= 15 is 0 Å². The minimum Gasteiger partial charge on any atom is -0.493 e. The molecule has 5 heteroatoms. The summed E-state index contributed by atoms with van der Waals surface area (Å²) in [5.41, 5.74) is 1.66. The van der Waals surface area contributed by atoms with Crippen molar-refractivity contribution in [2.24, 2.45) is 5.92 Å². The molecule has 1 heterocycles. The van der Waals surface area contributed by atoms with Gasteiger partial charge in [0.15, 0.2) is 11.5 Å². The number of ether oxygens (including phenoxy) is 2. The van der Waals surface area contributed by atoms with Crippen molar-refractivity contribution < 1.29 is 14.3 Å². The van der Waals surface area contributed by atoms with E-state index in [-0.39, 0.29) is 11.8 Å². The topological polar surface area (TPSA) is 60.5 Å². The number of nitrogens with one attached hydrogen (secondary N) is 1. The van der Waals surface area contributed by atoms with Crippen LogP contribution in [0.15, 0.2) is 42.7 Å². The van der Waals surface area contributed by atoms with E-state index in [1.807, 2.05) is 25.1 Å². The molecule has 2 aromatic rings. The largest absolute Gasteiger partial charge is 0.493 e. The molecule has 1 aromatic carbocycles. The van der Waals surface area contributed by atoms with Gasteiger partial charge in [0.25, 0.3) is 0 Å². The molecule has 0 saturated carbocycles. The van der Waals surface area contributed by atoms with Crippen molar-refractivity contribution in [1.29, 1.82) is 0 Å². The predicted molar refractivity (Wildman–Crippen MR) is 94.3 cm³/mol. The summed E-state index contributed by atoms with van der Waals surface area (Å²) in [5.74, 6) is 1.21. The summed E-state index contributed by atoms with van der Waals surface area (Å²) in [5, 5.41) is 2.93. The maximum atomic E-state index is 12.2. The summed E-state index contributed by atoms with van der Waals surface area (Å²) >= 11 is 0. The van der Waals surface area contributed by atoms with E-state index < -0.39 is 0 Å². The second kappa shape index (κ2) is 8.91. The molecule has 0 spiro atoms. The number of amides is 1. The number of rotatable bonds is 8. The van der Waals surface area contributed by atoms with E-state index in [0.29, 0.717) is 23.8 Å². The summed E-state index contributed by atoms with van der Waals surface area (Å²) in [6.45, 7) is 4.39. The zero-order valence-electron chi connectivity index (χ0n) is 14.4. The smallest absolute Gasteiger partial charge is 0.227 e. The van der Waals surface area contributed by atoms with Gasteiger partial charge in [-0.05, 0) is 24.6 Å². The molecule has 2 rings (SSSR count). The number of pyridine rings is 1. The number of carbonyl (C=O) groups is 1. The minimum absolute atomic E-state index is 0.0141. The number of aromatic nitrogens is 1. The molecule has 0 aliphatic rings. The Balaban J connectivity index is 2.08. The van der Waals surface area contributed by atoms with Crippen molar-refractivity contribution in [2.75, 3.05) is 12.4 Å². The molecule has 1 atom stereocenters. The molecule has 5 nitrogen and oxygen atoms in total. The van der Waals surface area contributed by atoms with Gasteiger partial charge in [-0.15, -0.1) is 0 Å². The van der Waals surface area contributed by atoms with Crippen molar-refractivity contribution in [2.45, 2.75) is 33.3 Å². The Bertz CT molecular complexity index is 659. The minimum atomic E-state index is -0.0168. The third-order valence-electron chi connectivity index (χ3n) is 3.72. The molecular weight excluding hydrogens is 304 g/mol. The van der Waals surface area contributed by atoms with E-state index in [1.54, 1.807) is 31.6 Å². The highest BCUT2D eigenvalue weighted by molar-refractivity contribution is 5.92. The number of methoxy groups -OCH3 is 1. The lowest BCUT2D eigenvalue weighted by Gasteiger charge is -2.14. The Kier molecular flexibility index (Phi) is 6.61. The van der Waals surface area contributed by atoms with Crippen molar-refractivity contribution in [3.05, 3.63) is 48.3 Å². The number of anilines is 1. The fourth-order valence-corrected chi connectivity index (χ4v) is 2.34. The Morgan fingerprint density at radius 1 is 1.29 bits per heavy atom. The van der Waals surface area contributed by atoms with E-state index in [4.69, 9.17) is 9.47 Å². The first-order chi connectivity index (χ1) is 11.6. The van der Waals surface area contributed by atoms with Crippen LogP contribution in [0.25, 0.3) is 0 Å². The summed E-state index contributed by atoms with van der Waals surface area (Å²) in [6.07, 6.45) is 5.32. The fraction of sp³-hybridized carbons (Fsp3) is 0.368. The average molecular weight is 328 g/mol. The number of hydrogen-bond donors (Lipinski definition) is 1. The van der Waals surface area contributed by atoms with E-state index in [2.05, 4.69) is 17.2 Å². The van der Waals surface area contributed by atoms with Gasteiger partial charge in [0.2, 0.25) is 5.91 Å². The molecule has 0 bridgehead atoms. The van der Waals surface area contributed by atoms with Gasteiger partial charge in [0.05, 0.1) is 7.11 Å². The van der Waals surface area contributed by atoms with Crippen LogP contribution in [0.2, 0.25) is 0 Å². The van der Waals surface area contributed by atoms with Crippen LogP contribution in [0.1, 0.15) is 32.3 Å². The molecule has 128 valence electrons. The van der Waals surface area contributed by atoms with Crippen LogP contribution in [-0.2, 0) is 11.4 Å². The molecular formula is C19H24N2O3. The quantitative estimate of drug-likeness (QED) is 0.794. The highest BCUT2D eigenvalue weighted by Gasteiger charge is 2.13. The highest BCUT2D eigenvalue weighted by Crippen LogP contribution is 2.31. The fourth-order valence-electron chi connectivity index (χ4n) is 2.34. The van der Waals surface area contributed by atoms with Crippen molar-refractivity contribution >= 4 is 11.6 Å². The molecule has 0 fully saturated rings. The summed E-state index contributed by atoms with van der Waals surface area (Å²) in [7, 11) is 1.59. The standard InChI is InChI=1S/C19H24N2O3/c1-4-6-14(2)19(22)21-16-8-9-17(23-3)18(11-16)24-13-15-7-5-10-20-12-15/h5,7-12,14H,4,6,13H2,1-3H3,(H,21,22). The zero-order chi connectivity index (χ0) is 17.4. The van der Waals surface area contributed by atoms with Gasteiger partial charge >= 0.3 is 0 Å². The highest BCUT2D eigenvalue weighted by atomic mass is 16.5. The van der Waals surface area contributed by atoms with Crippen LogP contribution in [0, 0.1) is 5.92 Å². The lowest BCUT2D eigenvalue weighted by molar-refractivity contribution is -0.119. The predicted octanol–water partition coefficient (Wildman–Crippen LogP) is 4.04. The molecule has 24 heavy (non-hydrogen) atoms. The van der Waals surface area contributed by atoms with E-state index in [9.17, 15) is 4.79 Å². The van der Waals surface area contributed by atoms with Crippen LogP contribution < -0.4 is 14.8 Å². The van der Waals surface area contributed by atoms with Gasteiger partial charge in [-0.1, -0.05) is 26.3 Å². The van der Waals surface area contributed by atoms with E-state index in [0.717, 1.165) is 18.4 Å². The molecule has 0 radical (unpaired) electrons. The monoisotopic (exact) mass is 328 g/mol. The van der Waals surface area contributed by atoms with Crippen LogP contribution in [0.5, 0.6) is 11.5 Å². The summed E-state index contributed by atoms with van der Waals surface area (Å²) in [6, 6.07) is 9.19. The Hall–Kier alpha value is -2.56. The van der Waals surface area contributed by atoms with Gasteiger partial charge < -0.3 is 14.8 Å². The van der Waals surface area contributed by atoms with Crippen molar-refractivity contribution in [3.63, 3.8) is 0 Å². The van der Waals surface area contributed by atoms with Gasteiger partial charge in [-0.2, -0.15) is 0 Å². The normalized spacial score (nSPS) is 11.6. The van der Waals surface area contributed by atoms with Gasteiger partial charge in [-0.25, -0.2) is 0 Å². The molecule has 1 unspecified atom stereocenters. The number of nitrogens with zero attached hydrogens (tertiary/aromatic N) is 1. The van der Waals surface area contributed by atoms with Gasteiger partial charge in [-0.3, -0.25) is 9.78 Å². The molecule has 0 aliphatic heterocycles. The summed E-state index contributed by atoms with van der Waals surface area (Å²) < 4.78 is 11.2. The first-order valence-electron chi connectivity index (χ1n) is 8.14. The number of carbonyl (C=O) groups excluding carboxylic acids is 1. The van der Waals surface area contributed by atoms with Gasteiger partial charge in [0.1, 0.15) is 6.61 Å². The van der Waals surface area contributed by atoms with E-state index in [1.165, 1.54) is 0 Å². The number of benzene rings is 1. The average Bonchev–Trinajstić information content (AvgIpc) is 2.61. The Morgan fingerprint density at radius 2 is 2.12 bits per heavy atom. The molecule has 1 N–H and O–H groups in total. The lowest BCUT2D eigenvalue weighted by Crippen LogP contribution is -2.20. The molecule has 1 amide bonds. The Labute approximate surface area is 143 Å². The lowest BCUT2D eigenvalue weighted by atomic mass is 10.1. The molecule has 0 aliphatic carbocycles. The van der Waals surface area contributed by atoms with Crippen LogP contribution in [0.3, 0.4) is 0 Å². The van der Waals surface area contributed by atoms with Crippen molar-refractivity contribution in [3.8, 4) is 11.5 Å².